The van der Waals surface area contributed by atoms with Crippen molar-refractivity contribution in [3.8, 4) is 0 Å². The van der Waals surface area contributed by atoms with Crippen LogP contribution in [0.25, 0.3) is 0 Å². The molecule has 19 heavy (non-hydrogen) atoms. The van der Waals surface area contributed by atoms with E-state index in [-0.39, 0.29) is 16.7 Å². The minimum atomic E-state index is -0.338. The van der Waals surface area contributed by atoms with Gasteiger partial charge in [0.1, 0.15) is 5.69 Å². The summed E-state index contributed by atoms with van der Waals surface area (Å²) in [6, 6.07) is 5.34. The van der Waals surface area contributed by atoms with E-state index in [0.717, 1.165) is 12.1 Å². The van der Waals surface area contributed by atoms with E-state index in [0.29, 0.717) is 11.6 Å². The van der Waals surface area contributed by atoms with E-state index in [4.69, 9.17) is 0 Å². The fourth-order valence-corrected chi connectivity index (χ4v) is 1.94. The fourth-order valence-electron chi connectivity index (χ4n) is 1.94. The molecule has 1 unspecified atom stereocenters. The van der Waals surface area contributed by atoms with Gasteiger partial charge in [-0.15, -0.1) is 0 Å². The Morgan fingerprint density at radius 1 is 1.37 bits per heavy atom. The molecule has 0 aromatic heterocycles. The first-order chi connectivity index (χ1) is 8.81. The van der Waals surface area contributed by atoms with Crippen molar-refractivity contribution < 1.29 is 4.92 Å². The standard InChI is InChI=1S/C14H23N3O2/c1-10(2)13(9-16(4)5)15-12-8-11(3)6-7-14(12)17(18)19/h6-8,10,13,15H,9H2,1-5H3. The van der Waals surface area contributed by atoms with Gasteiger partial charge in [0.05, 0.1) is 4.92 Å². The molecule has 0 aliphatic rings. The lowest BCUT2D eigenvalue weighted by molar-refractivity contribution is -0.384. The van der Waals surface area contributed by atoms with Crippen LogP contribution in [0.15, 0.2) is 18.2 Å². The van der Waals surface area contributed by atoms with Crippen molar-refractivity contribution in [2.45, 2.75) is 26.8 Å². The van der Waals surface area contributed by atoms with Gasteiger partial charge in [-0.2, -0.15) is 0 Å². The highest BCUT2D eigenvalue weighted by molar-refractivity contribution is 5.63. The number of nitro groups is 1. The average Bonchev–Trinajstić information content (AvgIpc) is 2.26. The zero-order chi connectivity index (χ0) is 14.6. The molecule has 0 radical (unpaired) electrons. The van der Waals surface area contributed by atoms with Crippen LogP contribution in [0, 0.1) is 23.0 Å². The molecule has 1 aromatic rings. The van der Waals surface area contributed by atoms with Crippen molar-refractivity contribution >= 4 is 11.4 Å². The number of nitro benzene ring substituents is 1. The summed E-state index contributed by atoms with van der Waals surface area (Å²) in [6.45, 7) is 7.00. The predicted molar refractivity (Wildman–Crippen MR) is 78.6 cm³/mol. The van der Waals surface area contributed by atoms with Crippen molar-refractivity contribution in [2.24, 2.45) is 5.92 Å². The molecular weight excluding hydrogens is 242 g/mol. The molecule has 0 fully saturated rings. The SMILES string of the molecule is Cc1ccc([N+](=O)[O-])c(NC(CN(C)C)C(C)C)c1. The van der Waals surface area contributed by atoms with Gasteiger partial charge < -0.3 is 10.2 Å². The van der Waals surface area contributed by atoms with Gasteiger partial charge in [-0.25, -0.2) is 0 Å². The zero-order valence-electron chi connectivity index (χ0n) is 12.3. The molecule has 0 saturated carbocycles. The summed E-state index contributed by atoms with van der Waals surface area (Å²) in [7, 11) is 4.00. The lowest BCUT2D eigenvalue weighted by atomic mass is 10.0. The number of benzene rings is 1. The lowest BCUT2D eigenvalue weighted by Gasteiger charge is -2.26. The molecule has 0 heterocycles. The smallest absolute Gasteiger partial charge is 0.292 e. The number of likely N-dealkylation sites (N-methyl/N-ethyl adjacent to an activating group) is 1. The number of hydrogen-bond donors (Lipinski definition) is 1. The summed E-state index contributed by atoms with van der Waals surface area (Å²) in [5.41, 5.74) is 1.75. The third-order valence-corrected chi connectivity index (χ3v) is 3.06. The third-order valence-electron chi connectivity index (χ3n) is 3.06. The first kappa shape index (κ1) is 15.4. The molecule has 0 amide bonds. The second-order valence-electron chi connectivity index (χ2n) is 5.53. The van der Waals surface area contributed by atoms with Gasteiger partial charge in [0, 0.05) is 18.7 Å². The van der Waals surface area contributed by atoms with Crippen LogP contribution in [0.5, 0.6) is 0 Å². The summed E-state index contributed by atoms with van der Waals surface area (Å²) >= 11 is 0. The highest BCUT2D eigenvalue weighted by atomic mass is 16.6. The summed E-state index contributed by atoms with van der Waals surface area (Å²) in [4.78, 5) is 12.8. The van der Waals surface area contributed by atoms with Crippen LogP contribution in [0.4, 0.5) is 11.4 Å². The normalized spacial score (nSPS) is 12.8. The molecule has 0 bridgehead atoms. The highest BCUT2D eigenvalue weighted by Gasteiger charge is 2.19. The second-order valence-corrected chi connectivity index (χ2v) is 5.53. The topological polar surface area (TPSA) is 58.4 Å². The van der Waals surface area contributed by atoms with Crippen molar-refractivity contribution in [3.63, 3.8) is 0 Å². The Hall–Kier alpha value is -1.62. The lowest BCUT2D eigenvalue weighted by Crippen LogP contribution is -2.36. The fraction of sp³-hybridized carbons (Fsp3) is 0.571. The highest BCUT2D eigenvalue weighted by Crippen LogP contribution is 2.27. The Balaban J connectivity index is 3.01. The quantitative estimate of drug-likeness (QED) is 0.634. The van der Waals surface area contributed by atoms with E-state index in [1.807, 2.05) is 27.1 Å². The molecule has 5 heteroatoms. The maximum atomic E-state index is 11.1. The van der Waals surface area contributed by atoms with Crippen molar-refractivity contribution in [1.82, 2.24) is 4.90 Å². The Morgan fingerprint density at radius 3 is 2.47 bits per heavy atom. The van der Waals surface area contributed by atoms with E-state index in [1.165, 1.54) is 0 Å². The number of aryl methyl sites for hydroxylation is 1. The van der Waals surface area contributed by atoms with Gasteiger partial charge in [-0.3, -0.25) is 10.1 Å². The molecule has 0 saturated heterocycles. The predicted octanol–water partition coefficient (Wildman–Crippen LogP) is 2.90. The molecule has 1 aromatic carbocycles. The minimum absolute atomic E-state index is 0.134. The van der Waals surface area contributed by atoms with Crippen molar-refractivity contribution in [3.05, 3.63) is 33.9 Å². The Morgan fingerprint density at radius 2 is 2.00 bits per heavy atom. The number of nitrogens with one attached hydrogen (secondary N) is 1. The van der Waals surface area contributed by atoms with Crippen LogP contribution in [0.2, 0.25) is 0 Å². The van der Waals surface area contributed by atoms with Crippen molar-refractivity contribution in [1.29, 1.82) is 0 Å². The van der Waals surface area contributed by atoms with Gasteiger partial charge in [0.2, 0.25) is 0 Å². The van der Waals surface area contributed by atoms with E-state index in [2.05, 4.69) is 24.1 Å². The Kier molecular flexibility index (Phi) is 5.30. The molecule has 1 rings (SSSR count). The van der Waals surface area contributed by atoms with E-state index >= 15 is 0 Å². The van der Waals surface area contributed by atoms with Gasteiger partial charge in [-0.1, -0.05) is 19.9 Å². The maximum Gasteiger partial charge on any atom is 0.292 e. The largest absolute Gasteiger partial charge is 0.375 e. The molecular formula is C14H23N3O2. The average molecular weight is 265 g/mol. The monoisotopic (exact) mass is 265 g/mol. The van der Waals surface area contributed by atoms with Crippen LogP contribution in [0.3, 0.4) is 0 Å². The first-order valence-corrected chi connectivity index (χ1v) is 6.47. The number of anilines is 1. The van der Waals surface area contributed by atoms with Gasteiger partial charge >= 0.3 is 0 Å². The summed E-state index contributed by atoms with van der Waals surface area (Å²) < 4.78 is 0. The summed E-state index contributed by atoms with van der Waals surface area (Å²) in [5, 5.41) is 14.4. The number of hydrogen-bond acceptors (Lipinski definition) is 4. The molecule has 0 aliphatic heterocycles. The maximum absolute atomic E-state index is 11.1. The van der Waals surface area contributed by atoms with Gasteiger partial charge in [-0.05, 0) is 38.6 Å². The van der Waals surface area contributed by atoms with Gasteiger partial charge in [0.15, 0.2) is 0 Å². The Labute approximate surface area is 114 Å². The van der Waals surface area contributed by atoms with E-state index < -0.39 is 0 Å². The zero-order valence-corrected chi connectivity index (χ0v) is 12.3. The van der Waals surface area contributed by atoms with Crippen LogP contribution >= 0.6 is 0 Å². The minimum Gasteiger partial charge on any atom is -0.375 e. The molecule has 106 valence electrons. The van der Waals surface area contributed by atoms with Gasteiger partial charge in [0.25, 0.3) is 5.69 Å². The first-order valence-electron chi connectivity index (χ1n) is 6.47. The number of nitrogens with zero attached hydrogens (tertiary/aromatic N) is 2. The second kappa shape index (κ2) is 6.52. The molecule has 5 nitrogen and oxygen atoms in total. The summed E-state index contributed by atoms with van der Waals surface area (Å²) in [5.74, 6) is 0.391. The van der Waals surface area contributed by atoms with Crippen LogP contribution in [0.1, 0.15) is 19.4 Å². The summed E-state index contributed by atoms with van der Waals surface area (Å²) in [6.07, 6.45) is 0. The number of rotatable bonds is 6. The Bertz CT molecular complexity index is 444. The van der Waals surface area contributed by atoms with Crippen LogP contribution in [-0.2, 0) is 0 Å². The van der Waals surface area contributed by atoms with Crippen molar-refractivity contribution in [2.75, 3.05) is 26.0 Å². The van der Waals surface area contributed by atoms with Crippen LogP contribution in [-0.4, -0.2) is 36.5 Å². The van der Waals surface area contributed by atoms with Crippen LogP contribution < -0.4 is 5.32 Å². The molecule has 0 aliphatic carbocycles. The molecule has 1 N–H and O–H groups in total. The molecule has 1 atom stereocenters. The molecule has 0 spiro atoms. The third kappa shape index (κ3) is 4.52. The van der Waals surface area contributed by atoms with E-state index in [9.17, 15) is 10.1 Å². The van der Waals surface area contributed by atoms with E-state index in [1.54, 1.807) is 12.1 Å².